The first-order valence-corrected chi connectivity index (χ1v) is 18.1. The molecule has 3 aromatic rings. The van der Waals surface area contributed by atoms with Crippen LogP contribution < -0.4 is 20.1 Å². The number of nitrogens with zero attached hydrogens (tertiary/aromatic N) is 2. The van der Waals surface area contributed by atoms with Crippen molar-refractivity contribution in [1.82, 2.24) is 20.1 Å². The zero-order chi connectivity index (χ0) is 36.0. The van der Waals surface area contributed by atoms with E-state index >= 15 is 0 Å². The van der Waals surface area contributed by atoms with Crippen molar-refractivity contribution in [2.45, 2.75) is 64.8 Å². The van der Waals surface area contributed by atoms with Crippen LogP contribution in [0.5, 0.6) is 11.5 Å². The van der Waals surface area contributed by atoms with Gasteiger partial charge in [-0.2, -0.15) is 0 Å². The number of para-hydroxylation sites is 1. The van der Waals surface area contributed by atoms with E-state index in [9.17, 15) is 24.0 Å². The van der Waals surface area contributed by atoms with Gasteiger partial charge in [-0.05, 0) is 68.7 Å². The topological polar surface area (TPSA) is 145 Å². The minimum Gasteiger partial charge on any atom is -0.493 e. The molecule has 0 saturated heterocycles. The molecular formula is C39H48N4O8. The lowest BCUT2D eigenvalue weighted by Crippen LogP contribution is -2.46. The Morgan fingerprint density at radius 2 is 1.80 bits per heavy atom. The molecule has 0 spiro atoms. The maximum absolute atomic E-state index is 13.8. The van der Waals surface area contributed by atoms with Gasteiger partial charge in [0.2, 0.25) is 11.8 Å². The first-order valence-electron chi connectivity index (χ1n) is 18.1. The van der Waals surface area contributed by atoms with Crippen LogP contribution in [0.4, 0.5) is 0 Å². The fourth-order valence-electron chi connectivity index (χ4n) is 6.99. The van der Waals surface area contributed by atoms with Crippen molar-refractivity contribution in [1.29, 1.82) is 0 Å². The van der Waals surface area contributed by atoms with Crippen LogP contribution in [0.2, 0.25) is 0 Å². The van der Waals surface area contributed by atoms with E-state index in [0.717, 1.165) is 42.1 Å². The second kappa shape index (κ2) is 16.0. The predicted octanol–water partition coefficient (Wildman–Crippen LogP) is 4.07. The molecule has 3 aliphatic rings. The second-order valence-corrected chi connectivity index (χ2v) is 14.0. The van der Waals surface area contributed by atoms with Crippen LogP contribution in [0.3, 0.4) is 0 Å². The third-order valence-electron chi connectivity index (χ3n) is 10.0. The standard InChI is InChI=1S/C39H48N4O8/c1-3-50-38(48)39(20-26-10-11-26)21-27-12-15-32(49-2)33(19-27)51-24-35(45)40-16-18-42(17-6-9-34(44)41-25-39)36(46)23-43-22-30(37(47)28-13-14-28)29-7-4-5-8-31(29)43/h4-5,7-8,12,15,19,22,26,28H,3,6,9-11,13-14,16-18,20-21,23-25H2,1-2H3,(H,40,45)(H,41,44). The number of Topliss-reactive ketones (excluding diaryl/α,β-unsaturated/α-hetero) is 1. The van der Waals surface area contributed by atoms with E-state index in [4.69, 9.17) is 14.2 Å². The van der Waals surface area contributed by atoms with Crippen LogP contribution >= 0.6 is 0 Å². The summed E-state index contributed by atoms with van der Waals surface area (Å²) in [6.07, 6.45) is 6.98. The van der Waals surface area contributed by atoms with Crippen molar-refractivity contribution in [3.8, 4) is 11.5 Å². The van der Waals surface area contributed by atoms with Crippen LogP contribution in [-0.4, -0.2) is 85.4 Å². The van der Waals surface area contributed by atoms with Crippen molar-refractivity contribution in [3.63, 3.8) is 0 Å². The zero-order valence-corrected chi connectivity index (χ0v) is 29.5. The summed E-state index contributed by atoms with van der Waals surface area (Å²) >= 11 is 0. The number of amides is 3. The molecule has 2 aromatic carbocycles. The van der Waals surface area contributed by atoms with Gasteiger partial charge >= 0.3 is 5.97 Å². The zero-order valence-electron chi connectivity index (χ0n) is 29.5. The van der Waals surface area contributed by atoms with E-state index < -0.39 is 5.41 Å². The molecule has 2 N–H and O–H groups in total. The van der Waals surface area contributed by atoms with Gasteiger partial charge in [-0.1, -0.05) is 37.1 Å². The fourth-order valence-corrected chi connectivity index (χ4v) is 6.99. The number of methoxy groups -OCH3 is 1. The van der Waals surface area contributed by atoms with E-state index in [2.05, 4.69) is 10.6 Å². The van der Waals surface area contributed by atoms with Gasteiger partial charge in [0.05, 0.1) is 19.1 Å². The molecular weight excluding hydrogens is 652 g/mol. The number of carbonyl (C=O) groups is 5. The lowest BCUT2D eigenvalue weighted by atomic mass is 9.76. The molecule has 1 aromatic heterocycles. The molecule has 12 nitrogen and oxygen atoms in total. The van der Waals surface area contributed by atoms with Crippen LogP contribution in [0, 0.1) is 17.3 Å². The summed E-state index contributed by atoms with van der Waals surface area (Å²) in [6, 6.07) is 13.0. The molecule has 6 rings (SSSR count). The first-order chi connectivity index (χ1) is 24.7. The lowest BCUT2D eigenvalue weighted by molar-refractivity contribution is -0.156. The third-order valence-corrected chi connectivity index (χ3v) is 10.0. The van der Waals surface area contributed by atoms with E-state index in [1.54, 1.807) is 30.2 Å². The number of benzene rings is 2. The molecule has 2 aliphatic carbocycles. The van der Waals surface area contributed by atoms with E-state index in [1.807, 2.05) is 34.9 Å². The number of nitrogens with one attached hydrogen (secondary N) is 2. The number of esters is 1. The molecule has 12 heteroatoms. The molecule has 3 amide bonds. The Hall–Kier alpha value is -4.87. The van der Waals surface area contributed by atoms with Crippen LogP contribution in [0.1, 0.15) is 67.8 Å². The molecule has 272 valence electrons. The van der Waals surface area contributed by atoms with Gasteiger partial charge in [0.25, 0.3) is 5.91 Å². The van der Waals surface area contributed by atoms with Crippen LogP contribution in [0.25, 0.3) is 10.9 Å². The van der Waals surface area contributed by atoms with Gasteiger partial charge in [0.1, 0.15) is 6.54 Å². The molecule has 0 radical (unpaired) electrons. The maximum Gasteiger partial charge on any atom is 0.314 e. The fraction of sp³-hybridized carbons (Fsp3) is 0.513. The highest BCUT2D eigenvalue weighted by atomic mass is 16.5. The molecule has 2 bridgehead atoms. The van der Waals surface area contributed by atoms with Gasteiger partial charge < -0.3 is 34.3 Å². The molecule has 1 unspecified atom stereocenters. The van der Waals surface area contributed by atoms with E-state index in [-0.39, 0.29) is 87.8 Å². The Kier molecular flexibility index (Phi) is 11.3. The average Bonchev–Trinajstić information content (AvgIpc) is 4.07. The Balaban J connectivity index is 1.22. The molecule has 2 fully saturated rings. The molecule has 1 aliphatic heterocycles. The summed E-state index contributed by atoms with van der Waals surface area (Å²) in [7, 11) is 1.51. The Labute approximate surface area is 298 Å². The van der Waals surface area contributed by atoms with Gasteiger partial charge in [0, 0.05) is 61.2 Å². The monoisotopic (exact) mass is 700 g/mol. The molecule has 51 heavy (non-hydrogen) atoms. The highest BCUT2D eigenvalue weighted by Crippen LogP contribution is 2.43. The summed E-state index contributed by atoms with van der Waals surface area (Å²) in [4.78, 5) is 68.4. The summed E-state index contributed by atoms with van der Waals surface area (Å²) < 4.78 is 18.8. The SMILES string of the molecule is CCOC(=O)C1(CC2CC2)CNC(=O)CCCN(C(=O)Cn2cc(C(=O)C3CC3)c3ccccc32)CCNC(=O)COc2cc(ccc2OC)C1. The first kappa shape index (κ1) is 35.9. The number of rotatable bonds is 9. The van der Waals surface area contributed by atoms with Crippen LogP contribution in [0.15, 0.2) is 48.7 Å². The lowest BCUT2D eigenvalue weighted by Gasteiger charge is -2.32. The molecule has 2 saturated carbocycles. The molecule has 1 atom stereocenters. The number of carbonyl (C=O) groups excluding carboxylic acids is 5. The number of aromatic nitrogens is 1. The smallest absolute Gasteiger partial charge is 0.314 e. The Bertz CT molecular complexity index is 1780. The quantitative estimate of drug-likeness (QED) is 0.251. The minimum absolute atomic E-state index is 0.00107. The summed E-state index contributed by atoms with van der Waals surface area (Å²) in [5.41, 5.74) is 1.23. The predicted molar refractivity (Wildman–Crippen MR) is 189 cm³/mol. The number of ether oxygens (including phenoxy) is 3. The van der Waals surface area contributed by atoms with Gasteiger partial charge in [-0.3, -0.25) is 24.0 Å². The maximum atomic E-state index is 13.8. The summed E-state index contributed by atoms with van der Waals surface area (Å²) in [5, 5.41) is 6.69. The second-order valence-electron chi connectivity index (χ2n) is 14.0. The normalized spacial score (nSPS) is 20.7. The highest BCUT2D eigenvalue weighted by Gasteiger charge is 2.45. The Morgan fingerprint density at radius 1 is 1.00 bits per heavy atom. The van der Waals surface area contributed by atoms with Gasteiger partial charge in [0.15, 0.2) is 23.9 Å². The number of hydrogen-bond acceptors (Lipinski definition) is 8. The van der Waals surface area contributed by atoms with E-state index in [1.165, 1.54) is 7.11 Å². The number of hydrogen-bond donors (Lipinski definition) is 2. The summed E-state index contributed by atoms with van der Waals surface area (Å²) in [6.45, 7) is 2.49. The number of ketones is 1. The van der Waals surface area contributed by atoms with Crippen molar-refractivity contribution in [2.75, 3.05) is 46.5 Å². The van der Waals surface area contributed by atoms with E-state index in [0.29, 0.717) is 42.2 Å². The summed E-state index contributed by atoms with van der Waals surface area (Å²) in [5.74, 6) is 0.160. The number of fused-ring (bicyclic) bond motifs is 3. The largest absolute Gasteiger partial charge is 0.493 e. The van der Waals surface area contributed by atoms with Gasteiger partial charge in [-0.25, -0.2) is 0 Å². The average molecular weight is 701 g/mol. The highest BCUT2D eigenvalue weighted by molar-refractivity contribution is 6.10. The van der Waals surface area contributed by atoms with Crippen molar-refractivity contribution < 1.29 is 38.2 Å². The molecule has 2 heterocycles. The van der Waals surface area contributed by atoms with Crippen LogP contribution in [-0.2, 0) is 36.9 Å². The van der Waals surface area contributed by atoms with Crippen molar-refractivity contribution in [2.24, 2.45) is 17.3 Å². The van der Waals surface area contributed by atoms with Crippen molar-refractivity contribution >= 4 is 40.4 Å². The minimum atomic E-state index is -0.997. The van der Waals surface area contributed by atoms with Gasteiger partial charge in [-0.15, -0.1) is 0 Å². The van der Waals surface area contributed by atoms with Crippen molar-refractivity contribution in [3.05, 3.63) is 59.8 Å². The third kappa shape index (κ3) is 8.90. The Morgan fingerprint density at radius 3 is 2.55 bits per heavy atom.